The van der Waals surface area contributed by atoms with Crippen molar-refractivity contribution >= 4 is 34.7 Å². The van der Waals surface area contributed by atoms with Crippen LogP contribution in [-0.2, 0) is 13.1 Å². The first kappa shape index (κ1) is 20.0. The molecular formula is C23H20ClN7O. The maximum atomic E-state index is 12.6. The van der Waals surface area contributed by atoms with Crippen molar-refractivity contribution in [2.75, 3.05) is 0 Å². The number of amides is 1. The minimum atomic E-state index is -0.217. The van der Waals surface area contributed by atoms with Crippen LogP contribution in [0.1, 0.15) is 34.2 Å². The third-order valence-corrected chi connectivity index (χ3v) is 5.33. The van der Waals surface area contributed by atoms with E-state index in [2.05, 4.69) is 20.4 Å². The molecule has 0 radical (unpaired) electrons. The van der Waals surface area contributed by atoms with E-state index in [1.165, 1.54) is 0 Å². The number of fused-ring (bicyclic) bond motifs is 2. The van der Waals surface area contributed by atoms with Gasteiger partial charge in [0.1, 0.15) is 5.65 Å². The van der Waals surface area contributed by atoms with E-state index in [9.17, 15) is 4.79 Å². The van der Waals surface area contributed by atoms with Gasteiger partial charge in [-0.15, -0.1) is 0 Å². The number of imidazole rings is 2. The molecule has 0 saturated heterocycles. The molecule has 32 heavy (non-hydrogen) atoms. The van der Waals surface area contributed by atoms with E-state index in [1.54, 1.807) is 29.5 Å². The van der Waals surface area contributed by atoms with Crippen LogP contribution in [0.15, 0.2) is 67.7 Å². The Hall–Kier alpha value is -3.91. The van der Waals surface area contributed by atoms with Crippen molar-refractivity contribution in [3.8, 4) is 0 Å². The number of nitrogens with zero attached hydrogens (tertiary/aromatic N) is 6. The predicted octanol–water partition coefficient (Wildman–Crippen LogP) is 3.84. The smallest absolute Gasteiger partial charge is 0.254 e. The number of hydrogen-bond acceptors (Lipinski definition) is 4. The van der Waals surface area contributed by atoms with E-state index in [-0.39, 0.29) is 5.91 Å². The van der Waals surface area contributed by atoms with Gasteiger partial charge >= 0.3 is 0 Å². The first-order valence-corrected chi connectivity index (χ1v) is 10.5. The summed E-state index contributed by atoms with van der Waals surface area (Å²) in [6.45, 7) is 2.75. The maximum absolute atomic E-state index is 12.6. The van der Waals surface area contributed by atoms with Gasteiger partial charge in [-0.2, -0.15) is 5.10 Å². The first-order valence-electron chi connectivity index (χ1n) is 10.1. The third-order valence-electron chi connectivity index (χ3n) is 5.10. The topological polar surface area (TPSA) is 81.5 Å². The number of nitrogens with one attached hydrogen (secondary N) is 1. The molecule has 5 rings (SSSR count). The summed E-state index contributed by atoms with van der Waals surface area (Å²) in [5.74, 6) is -0.217. The minimum absolute atomic E-state index is 0.217. The zero-order valence-corrected chi connectivity index (χ0v) is 18.1. The van der Waals surface area contributed by atoms with Crippen LogP contribution >= 0.6 is 11.6 Å². The lowest BCUT2D eigenvalue weighted by molar-refractivity contribution is 0.0950. The number of halogens is 1. The van der Waals surface area contributed by atoms with Crippen molar-refractivity contribution in [2.45, 2.75) is 20.0 Å². The lowest BCUT2D eigenvalue weighted by Crippen LogP contribution is -2.22. The molecule has 1 N–H and O–H groups in total. The molecule has 0 fully saturated rings. The number of hydrogen-bond donors (Lipinski definition) is 1. The van der Waals surface area contributed by atoms with Crippen LogP contribution in [0, 0.1) is 0 Å². The highest BCUT2D eigenvalue weighted by Gasteiger charge is 2.12. The standard InChI is InChI=1S/C23H20ClN7O/c1-2-3-16-4-5-22-28-19(13-30(22)11-16)14-31-12-17(9-27-31)23(32)25-10-20-21-8-18(24)6-7-29(21)15-26-20/h2-9,11-13,15H,10,14H2,1H3,(H,25,32)/b3-2-. The Morgan fingerprint density at radius 2 is 2.09 bits per heavy atom. The number of allylic oxidation sites excluding steroid dienone is 1. The number of carbonyl (C=O) groups is 1. The van der Waals surface area contributed by atoms with Gasteiger partial charge in [-0.25, -0.2) is 9.97 Å². The molecule has 0 atom stereocenters. The predicted molar refractivity (Wildman–Crippen MR) is 123 cm³/mol. The largest absolute Gasteiger partial charge is 0.346 e. The number of aromatic nitrogens is 6. The summed E-state index contributed by atoms with van der Waals surface area (Å²) in [6.07, 6.45) is 14.8. The highest BCUT2D eigenvalue weighted by atomic mass is 35.5. The second kappa shape index (κ2) is 8.32. The normalized spacial score (nSPS) is 11.7. The van der Waals surface area contributed by atoms with Gasteiger partial charge in [0.05, 0.1) is 48.1 Å². The van der Waals surface area contributed by atoms with Crippen molar-refractivity contribution in [3.63, 3.8) is 0 Å². The fourth-order valence-corrected chi connectivity index (χ4v) is 3.74. The molecule has 0 saturated carbocycles. The van der Waals surface area contributed by atoms with Gasteiger partial charge < -0.3 is 14.1 Å². The fraction of sp³-hybridized carbons (Fsp3) is 0.130. The van der Waals surface area contributed by atoms with Gasteiger partial charge in [0.2, 0.25) is 0 Å². The average Bonchev–Trinajstić information content (AvgIpc) is 3.50. The average molecular weight is 446 g/mol. The summed E-state index contributed by atoms with van der Waals surface area (Å²) in [5.41, 5.74) is 4.92. The Bertz CT molecular complexity index is 1460. The van der Waals surface area contributed by atoms with E-state index >= 15 is 0 Å². The lowest BCUT2D eigenvalue weighted by atomic mass is 10.2. The second-order valence-electron chi connectivity index (χ2n) is 7.40. The summed E-state index contributed by atoms with van der Waals surface area (Å²) >= 11 is 6.07. The van der Waals surface area contributed by atoms with Crippen LogP contribution in [-0.4, -0.2) is 34.5 Å². The van der Waals surface area contributed by atoms with E-state index in [0.29, 0.717) is 23.7 Å². The highest BCUT2D eigenvalue weighted by Crippen LogP contribution is 2.16. The van der Waals surface area contributed by atoms with Gasteiger partial charge in [0, 0.05) is 29.8 Å². The molecule has 5 heterocycles. The molecule has 0 spiro atoms. The van der Waals surface area contributed by atoms with Crippen LogP contribution in [0.4, 0.5) is 0 Å². The zero-order valence-electron chi connectivity index (χ0n) is 17.3. The van der Waals surface area contributed by atoms with Crippen molar-refractivity contribution in [2.24, 2.45) is 0 Å². The van der Waals surface area contributed by atoms with E-state index < -0.39 is 0 Å². The SMILES string of the molecule is C/C=C\c1ccc2nc(Cn3cc(C(=O)NCc4ncn5ccc(Cl)cc45)cn3)cn2c1. The maximum Gasteiger partial charge on any atom is 0.254 e. The summed E-state index contributed by atoms with van der Waals surface area (Å²) in [4.78, 5) is 21.6. The van der Waals surface area contributed by atoms with E-state index in [0.717, 1.165) is 28.1 Å². The summed E-state index contributed by atoms with van der Waals surface area (Å²) in [6, 6.07) is 7.62. The van der Waals surface area contributed by atoms with E-state index in [1.807, 2.05) is 64.7 Å². The van der Waals surface area contributed by atoms with Crippen LogP contribution < -0.4 is 5.32 Å². The summed E-state index contributed by atoms with van der Waals surface area (Å²) in [7, 11) is 0. The van der Waals surface area contributed by atoms with Crippen LogP contribution in [0.5, 0.6) is 0 Å². The van der Waals surface area contributed by atoms with Crippen molar-refractivity contribution in [1.29, 1.82) is 0 Å². The van der Waals surface area contributed by atoms with Gasteiger partial charge in [0.25, 0.3) is 5.91 Å². The number of pyridine rings is 2. The minimum Gasteiger partial charge on any atom is -0.346 e. The summed E-state index contributed by atoms with van der Waals surface area (Å²) < 4.78 is 5.56. The molecule has 0 aliphatic rings. The molecule has 160 valence electrons. The molecule has 1 amide bonds. The zero-order chi connectivity index (χ0) is 22.1. The van der Waals surface area contributed by atoms with Crippen molar-refractivity contribution in [1.82, 2.24) is 33.9 Å². The molecule has 8 nitrogen and oxygen atoms in total. The van der Waals surface area contributed by atoms with Crippen molar-refractivity contribution < 1.29 is 4.79 Å². The Morgan fingerprint density at radius 1 is 1.19 bits per heavy atom. The highest BCUT2D eigenvalue weighted by molar-refractivity contribution is 6.30. The Labute approximate surface area is 188 Å². The summed E-state index contributed by atoms with van der Waals surface area (Å²) in [5, 5.41) is 7.83. The van der Waals surface area contributed by atoms with Crippen molar-refractivity contribution in [3.05, 3.63) is 95.2 Å². The Kier molecular flexibility index (Phi) is 5.20. The molecule has 0 aliphatic heterocycles. The molecule has 5 aromatic heterocycles. The Balaban J connectivity index is 1.26. The van der Waals surface area contributed by atoms with Gasteiger partial charge in [-0.3, -0.25) is 9.48 Å². The quantitative estimate of drug-likeness (QED) is 0.430. The molecule has 0 aromatic carbocycles. The molecular weight excluding hydrogens is 426 g/mol. The van der Waals surface area contributed by atoms with Crippen LogP contribution in [0.2, 0.25) is 5.02 Å². The van der Waals surface area contributed by atoms with Crippen LogP contribution in [0.3, 0.4) is 0 Å². The number of rotatable bonds is 6. The molecule has 0 bridgehead atoms. The number of carbonyl (C=O) groups excluding carboxylic acids is 1. The van der Waals surface area contributed by atoms with Gasteiger partial charge in [0.15, 0.2) is 0 Å². The van der Waals surface area contributed by atoms with E-state index in [4.69, 9.17) is 11.6 Å². The second-order valence-corrected chi connectivity index (χ2v) is 7.83. The third kappa shape index (κ3) is 4.00. The van der Waals surface area contributed by atoms with Gasteiger partial charge in [-0.1, -0.05) is 23.8 Å². The fourth-order valence-electron chi connectivity index (χ4n) is 3.58. The monoisotopic (exact) mass is 445 g/mol. The molecule has 0 aliphatic carbocycles. The van der Waals surface area contributed by atoms with Gasteiger partial charge in [-0.05, 0) is 36.8 Å². The van der Waals surface area contributed by atoms with Crippen LogP contribution in [0.25, 0.3) is 17.2 Å². The lowest BCUT2D eigenvalue weighted by Gasteiger charge is -2.02. The Morgan fingerprint density at radius 3 is 2.97 bits per heavy atom. The molecule has 0 unspecified atom stereocenters. The molecule has 5 aromatic rings. The first-order chi connectivity index (χ1) is 15.6. The molecule has 9 heteroatoms.